The molecule has 1 saturated heterocycles. The lowest BCUT2D eigenvalue weighted by Gasteiger charge is -2.17. The Morgan fingerprint density at radius 1 is 1.15 bits per heavy atom. The number of aromatic nitrogens is 2. The maximum absolute atomic E-state index is 12.6. The second-order valence-electron chi connectivity index (χ2n) is 6.76. The monoisotopic (exact) mass is 348 g/mol. The van der Waals surface area contributed by atoms with E-state index in [0.717, 1.165) is 42.9 Å². The Bertz CT molecular complexity index is 903. The molecule has 134 valence electrons. The average molecular weight is 348 g/mol. The highest BCUT2D eigenvalue weighted by Crippen LogP contribution is 2.26. The van der Waals surface area contributed by atoms with Crippen LogP contribution in [0, 0.1) is 0 Å². The van der Waals surface area contributed by atoms with E-state index in [9.17, 15) is 4.79 Å². The van der Waals surface area contributed by atoms with Crippen LogP contribution >= 0.6 is 0 Å². The van der Waals surface area contributed by atoms with Crippen LogP contribution in [-0.2, 0) is 13.1 Å². The maximum Gasteiger partial charge on any atom is 0.317 e. The van der Waals surface area contributed by atoms with Crippen molar-refractivity contribution in [1.29, 1.82) is 0 Å². The molecule has 1 fully saturated rings. The summed E-state index contributed by atoms with van der Waals surface area (Å²) in [6.07, 6.45) is 1.02. The molecule has 2 heterocycles. The molecular formula is C21H24N4O. The fourth-order valence-corrected chi connectivity index (χ4v) is 3.82. The molecule has 1 aliphatic rings. The van der Waals surface area contributed by atoms with Gasteiger partial charge in [0, 0.05) is 25.6 Å². The highest BCUT2D eigenvalue weighted by Gasteiger charge is 2.27. The number of nitrogens with zero attached hydrogens (tertiary/aromatic N) is 3. The molecule has 0 aliphatic carbocycles. The number of hydrogen-bond acceptors (Lipinski definition) is 2. The minimum Gasteiger partial charge on any atom is -0.331 e. The Kier molecular flexibility index (Phi) is 4.61. The van der Waals surface area contributed by atoms with Crippen molar-refractivity contribution in [1.82, 2.24) is 19.8 Å². The minimum atomic E-state index is -0.00172. The molecule has 4 rings (SSSR count). The molecule has 3 aromatic rings. The van der Waals surface area contributed by atoms with Gasteiger partial charge in [0.25, 0.3) is 0 Å². The van der Waals surface area contributed by atoms with Crippen molar-refractivity contribution in [3.05, 3.63) is 66.0 Å². The zero-order valence-corrected chi connectivity index (χ0v) is 15.1. The van der Waals surface area contributed by atoms with E-state index in [1.807, 2.05) is 29.2 Å². The number of imidazole rings is 1. The van der Waals surface area contributed by atoms with Crippen LogP contribution in [-0.4, -0.2) is 33.6 Å². The van der Waals surface area contributed by atoms with E-state index in [-0.39, 0.29) is 6.03 Å². The SMILES string of the molecule is CCn1c(CNC(=O)N2CCC(c3ccccc3)C2)nc2ccccc21. The predicted octanol–water partition coefficient (Wildman–Crippen LogP) is 3.76. The molecule has 1 unspecified atom stereocenters. The van der Waals surface area contributed by atoms with Gasteiger partial charge >= 0.3 is 6.03 Å². The van der Waals surface area contributed by atoms with E-state index in [2.05, 4.69) is 52.1 Å². The van der Waals surface area contributed by atoms with Crippen LogP contribution in [0.2, 0.25) is 0 Å². The second-order valence-corrected chi connectivity index (χ2v) is 6.76. The number of carbonyl (C=O) groups excluding carboxylic acids is 1. The van der Waals surface area contributed by atoms with Crippen molar-refractivity contribution >= 4 is 17.1 Å². The molecule has 26 heavy (non-hydrogen) atoms. The molecule has 1 aliphatic heterocycles. The fraction of sp³-hybridized carbons (Fsp3) is 0.333. The van der Waals surface area contributed by atoms with E-state index >= 15 is 0 Å². The molecule has 1 atom stereocenters. The van der Waals surface area contributed by atoms with E-state index < -0.39 is 0 Å². The Labute approximate surface area is 153 Å². The molecule has 2 aromatic carbocycles. The zero-order chi connectivity index (χ0) is 17.9. The van der Waals surface area contributed by atoms with Crippen molar-refractivity contribution in [2.24, 2.45) is 0 Å². The number of carbonyl (C=O) groups is 1. The molecule has 2 amide bonds. The number of likely N-dealkylation sites (tertiary alicyclic amines) is 1. The third-order valence-electron chi connectivity index (χ3n) is 5.19. The van der Waals surface area contributed by atoms with Gasteiger partial charge < -0.3 is 14.8 Å². The summed E-state index contributed by atoms with van der Waals surface area (Å²) in [6, 6.07) is 18.5. The summed E-state index contributed by atoms with van der Waals surface area (Å²) in [5, 5.41) is 3.05. The lowest BCUT2D eigenvalue weighted by Crippen LogP contribution is -2.38. The van der Waals surface area contributed by atoms with Crippen LogP contribution in [0.4, 0.5) is 4.79 Å². The number of para-hydroxylation sites is 2. The summed E-state index contributed by atoms with van der Waals surface area (Å²) in [7, 11) is 0. The highest BCUT2D eigenvalue weighted by molar-refractivity contribution is 5.77. The van der Waals surface area contributed by atoms with Gasteiger partial charge in [-0.15, -0.1) is 0 Å². The Balaban J connectivity index is 1.40. The van der Waals surface area contributed by atoms with E-state index in [4.69, 9.17) is 0 Å². The number of hydrogen-bond donors (Lipinski definition) is 1. The Morgan fingerprint density at radius 2 is 1.92 bits per heavy atom. The predicted molar refractivity (Wildman–Crippen MR) is 103 cm³/mol. The van der Waals surface area contributed by atoms with Crippen LogP contribution in [0.5, 0.6) is 0 Å². The van der Waals surface area contributed by atoms with Crippen molar-refractivity contribution in [2.75, 3.05) is 13.1 Å². The number of fused-ring (bicyclic) bond motifs is 1. The topological polar surface area (TPSA) is 50.2 Å². The lowest BCUT2D eigenvalue weighted by atomic mass is 9.99. The van der Waals surface area contributed by atoms with Crippen molar-refractivity contribution < 1.29 is 4.79 Å². The smallest absolute Gasteiger partial charge is 0.317 e. The third kappa shape index (κ3) is 3.17. The van der Waals surface area contributed by atoms with Gasteiger partial charge in [0.05, 0.1) is 17.6 Å². The first-order valence-electron chi connectivity index (χ1n) is 9.28. The molecule has 0 saturated carbocycles. The third-order valence-corrected chi connectivity index (χ3v) is 5.19. The Hall–Kier alpha value is -2.82. The average Bonchev–Trinajstić information content (AvgIpc) is 3.31. The number of nitrogens with one attached hydrogen (secondary N) is 1. The standard InChI is InChI=1S/C21H24N4O/c1-2-25-19-11-7-6-10-18(19)23-20(25)14-22-21(26)24-13-12-17(15-24)16-8-4-3-5-9-16/h3-11,17H,2,12-15H2,1H3,(H,22,26). The Morgan fingerprint density at radius 3 is 2.73 bits per heavy atom. The largest absolute Gasteiger partial charge is 0.331 e. The van der Waals surface area contributed by atoms with Crippen LogP contribution in [0.3, 0.4) is 0 Å². The minimum absolute atomic E-state index is 0.00172. The van der Waals surface area contributed by atoms with Crippen molar-refractivity contribution in [2.45, 2.75) is 32.4 Å². The number of rotatable bonds is 4. The molecule has 5 nitrogen and oxygen atoms in total. The number of aryl methyl sites for hydroxylation is 1. The van der Waals surface area contributed by atoms with Crippen molar-refractivity contribution in [3.63, 3.8) is 0 Å². The summed E-state index contributed by atoms with van der Waals surface area (Å²) in [5.41, 5.74) is 3.41. The zero-order valence-electron chi connectivity index (χ0n) is 15.1. The van der Waals surface area contributed by atoms with E-state index in [1.165, 1.54) is 5.56 Å². The van der Waals surface area contributed by atoms with E-state index in [1.54, 1.807) is 0 Å². The van der Waals surface area contributed by atoms with Gasteiger partial charge in [-0.1, -0.05) is 42.5 Å². The van der Waals surface area contributed by atoms with Gasteiger partial charge in [0.2, 0.25) is 0 Å². The van der Waals surface area contributed by atoms with Gasteiger partial charge in [0.15, 0.2) is 0 Å². The maximum atomic E-state index is 12.6. The molecule has 0 spiro atoms. The molecule has 0 radical (unpaired) electrons. The first kappa shape index (κ1) is 16.6. The molecular weight excluding hydrogens is 324 g/mol. The molecule has 0 bridgehead atoms. The number of amides is 2. The van der Waals surface area contributed by atoms with Crippen molar-refractivity contribution in [3.8, 4) is 0 Å². The van der Waals surface area contributed by atoms with Gasteiger partial charge in [0.1, 0.15) is 5.82 Å². The number of urea groups is 1. The summed E-state index contributed by atoms with van der Waals surface area (Å²) >= 11 is 0. The molecule has 1 N–H and O–H groups in total. The molecule has 1 aromatic heterocycles. The quantitative estimate of drug-likeness (QED) is 0.780. The van der Waals surface area contributed by atoms with E-state index in [0.29, 0.717) is 12.5 Å². The second kappa shape index (κ2) is 7.20. The van der Waals surface area contributed by atoms with Gasteiger partial charge in [-0.3, -0.25) is 0 Å². The summed E-state index contributed by atoms with van der Waals surface area (Å²) in [5.74, 6) is 1.34. The summed E-state index contributed by atoms with van der Waals surface area (Å²) in [4.78, 5) is 19.2. The van der Waals surface area contributed by atoms with Crippen LogP contribution in [0.1, 0.15) is 30.7 Å². The first-order chi connectivity index (χ1) is 12.8. The van der Waals surface area contributed by atoms with Crippen LogP contribution in [0.15, 0.2) is 54.6 Å². The van der Waals surface area contributed by atoms with Gasteiger partial charge in [-0.05, 0) is 31.0 Å². The number of benzene rings is 2. The summed E-state index contributed by atoms with van der Waals surface area (Å²) in [6.45, 7) is 4.97. The fourth-order valence-electron chi connectivity index (χ4n) is 3.82. The lowest BCUT2D eigenvalue weighted by molar-refractivity contribution is 0.207. The van der Waals surface area contributed by atoms with Crippen LogP contribution < -0.4 is 5.32 Å². The van der Waals surface area contributed by atoms with Gasteiger partial charge in [-0.25, -0.2) is 9.78 Å². The van der Waals surface area contributed by atoms with Crippen LogP contribution in [0.25, 0.3) is 11.0 Å². The summed E-state index contributed by atoms with van der Waals surface area (Å²) < 4.78 is 2.16. The first-order valence-corrected chi connectivity index (χ1v) is 9.28. The van der Waals surface area contributed by atoms with Gasteiger partial charge in [-0.2, -0.15) is 0 Å². The normalized spacial score (nSPS) is 17.0. The highest BCUT2D eigenvalue weighted by atomic mass is 16.2. The molecule has 5 heteroatoms.